The molecule has 28 heavy (non-hydrogen) atoms. The Morgan fingerprint density at radius 1 is 1.18 bits per heavy atom. The van der Waals surface area contributed by atoms with Gasteiger partial charge in [-0.2, -0.15) is 5.26 Å². The molecule has 3 aromatic rings. The van der Waals surface area contributed by atoms with Crippen molar-refractivity contribution in [3.63, 3.8) is 0 Å². The molecular weight excluding hydrogens is 350 g/mol. The van der Waals surface area contributed by atoms with Gasteiger partial charge in [0, 0.05) is 17.1 Å². The van der Waals surface area contributed by atoms with Gasteiger partial charge in [-0.1, -0.05) is 6.07 Å². The first-order valence-electron chi connectivity index (χ1n) is 9.08. The van der Waals surface area contributed by atoms with Gasteiger partial charge in [0.1, 0.15) is 17.4 Å². The molecule has 2 heterocycles. The molecule has 0 fully saturated rings. The largest absolute Gasteiger partial charge is 0.467 e. The van der Waals surface area contributed by atoms with Gasteiger partial charge in [-0.05, 0) is 80.8 Å². The van der Waals surface area contributed by atoms with Crippen LogP contribution in [0.2, 0.25) is 0 Å². The summed E-state index contributed by atoms with van der Waals surface area (Å²) in [4.78, 5) is 12.6. The molecule has 0 saturated heterocycles. The van der Waals surface area contributed by atoms with Crippen LogP contribution in [0.1, 0.15) is 33.8 Å². The minimum atomic E-state index is -0.415. The summed E-state index contributed by atoms with van der Waals surface area (Å²) in [5.41, 5.74) is 5.83. The molecule has 1 amide bonds. The first-order valence-corrected chi connectivity index (χ1v) is 9.08. The van der Waals surface area contributed by atoms with Crippen molar-refractivity contribution in [1.82, 2.24) is 4.57 Å². The zero-order chi connectivity index (χ0) is 20.3. The van der Waals surface area contributed by atoms with Gasteiger partial charge >= 0.3 is 0 Å². The Hall–Kier alpha value is -3.52. The lowest BCUT2D eigenvalue weighted by atomic mass is 10.1. The van der Waals surface area contributed by atoms with E-state index in [1.165, 1.54) is 0 Å². The van der Waals surface area contributed by atoms with Crippen molar-refractivity contribution in [3.05, 3.63) is 82.1 Å². The van der Waals surface area contributed by atoms with Crippen LogP contribution in [-0.4, -0.2) is 10.5 Å². The summed E-state index contributed by atoms with van der Waals surface area (Å²) in [6.07, 6.45) is 3.28. The van der Waals surface area contributed by atoms with E-state index in [-0.39, 0.29) is 5.57 Å². The van der Waals surface area contributed by atoms with Crippen LogP contribution >= 0.6 is 0 Å². The van der Waals surface area contributed by atoms with Crippen LogP contribution in [0, 0.1) is 39.0 Å². The number of nitriles is 1. The maximum atomic E-state index is 12.6. The number of carbonyl (C=O) groups excluding carboxylic acids is 1. The number of furan rings is 1. The van der Waals surface area contributed by atoms with E-state index in [0.29, 0.717) is 12.2 Å². The van der Waals surface area contributed by atoms with Crippen molar-refractivity contribution in [2.45, 2.75) is 34.2 Å². The Kier molecular flexibility index (Phi) is 5.51. The highest BCUT2D eigenvalue weighted by molar-refractivity contribution is 6.09. The molecule has 0 unspecified atom stereocenters. The van der Waals surface area contributed by atoms with E-state index < -0.39 is 5.91 Å². The second-order valence-electron chi connectivity index (χ2n) is 6.91. The summed E-state index contributed by atoms with van der Waals surface area (Å²) >= 11 is 0. The van der Waals surface area contributed by atoms with Crippen molar-refractivity contribution >= 4 is 17.7 Å². The Labute approximate surface area is 164 Å². The molecule has 3 rings (SSSR count). The van der Waals surface area contributed by atoms with Crippen LogP contribution in [0.3, 0.4) is 0 Å². The third-order valence-electron chi connectivity index (χ3n) is 4.94. The molecule has 1 aromatic carbocycles. The summed E-state index contributed by atoms with van der Waals surface area (Å²) in [6.45, 7) is 8.57. The number of rotatable bonds is 5. The average molecular weight is 373 g/mol. The van der Waals surface area contributed by atoms with Crippen molar-refractivity contribution < 1.29 is 9.21 Å². The summed E-state index contributed by atoms with van der Waals surface area (Å²) < 4.78 is 7.53. The number of benzene rings is 1. The Balaban J connectivity index is 1.85. The summed E-state index contributed by atoms with van der Waals surface area (Å²) in [7, 11) is 0. The van der Waals surface area contributed by atoms with E-state index in [9.17, 15) is 10.1 Å². The average Bonchev–Trinajstić information content (AvgIpc) is 3.26. The molecule has 142 valence electrons. The summed E-state index contributed by atoms with van der Waals surface area (Å²) in [5, 5.41) is 12.3. The number of nitrogens with one attached hydrogen (secondary N) is 1. The highest BCUT2D eigenvalue weighted by Crippen LogP contribution is 2.21. The molecule has 0 radical (unpaired) electrons. The van der Waals surface area contributed by atoms with E-state index >= 15 is 0 Å². The number of hydrogen-bond donors (Lipinski definition) is 1. The van der Waals surface area contributed by atoms with Crippen LogP contribution in [0.5, 0.6) is 0 Å². The zero-order valence-corrected chi connectivity index (χ0v) is 16.5. The lowest BCUT2D eigenvalue weighted by Crippen LogP contribution is -2.13. The van der Waals surface area contributed by atoms with E-state index in [2.05, 4.69) is 9.88 Å². The number of hydrogen-bond acceptors (Lipinski definition) is 3. The number of aryl methyl sites for hydroxylation is 3. The second kappa shape index (κ2) is 8.01. The number of nitrogens with zero attached hydrogens (tertiary/aromatic N) is 2. The number of anilines is 1. The predicted octanol–water partition coefficient (Wildman–Crippen LogP) is 4.91. The van der Waals surface area contributed by atoms with E-state index in [1.807, 2.05) is 70.2 Å². The standard InChI is InChI=1S/C23H23N3O2/c1-15-7-8-21(10-16(15)2)25-23(27)20(13-24)12-19-11-17(3)26(18(19)4)14-22-6-5-9-28-22/h5-12H,14H2,1-4H3,(H,25,27)/b20-12+. The molecule has 0 bridgehead atoms. The molecular formula is C23H23N3O2. The van der Waals surface area contributed by atoms with Crippen molar-refractivity contribution in [3.8, 4) is 6.07 Å². The number of amides is 1. The minimum absolute atomic E-state index is 0.0662. The van der Waals surface area contributed by atoms with Crippen LogP contribution in [0.4, 0.5) is 5.69 Å². The molecule has 0 spiro atoms. The lowest BCUT2D eigenvalue weighted by Gasteiger charge is -2.08. The van der Waals surface area contributed by atoms with Gasteiger partial charge < -0.3 is 14.3 Å². The quantitative estimate of drug-likeness (QED) is 0.510. The normalized spacial score (nSPS) is 11.3. The van der Waals surface area contributed by atoms with Crippen molar-refractivity contribution in [2.75, 3.05) is 5.32 Å². The van der Waals surface area contributed by atoms with E-state index in [1.54, 1.807) is 12.3 Å². The summed E-state index contributed by atoms with van der Waals surface area (Å²) in [6, 6.07) is 13.5. The first kappa shape index (κ1) is 19.2. The SMILES string of the molecule is Cc1ccc(NC(=O)/C(C#N)=C/c2cc(C)n(Cc3ccco3)c2C)cc1C. The maximum absolute atomic E-state index is 12.6. The maximum Gasteiger partial charge on any atom is 0.266 e. The molecule has 2 aromatic heterocycles. The Morgan fingerprint density at radius 3 is 2.61 bits per heavy atom. The fraction of sp³-hybridized carbons (Fsp3) is 0.217. The van der Waals surface area contributed by atoms with E-state index in [0.717, 1.165) is 33.8 Å². The van der Waals surface area contributed by atoms with Gasteiger partial charge in [-0.15, -0.1) is 0 Å². The topological polar surface area (TPSA) is 71.0 Å². The van der Waals surface area contributed by atoms with E-state index in [4.69, 9.17) is 4.42 Å². The molecule has 5 heteroatoms. The van der Waals surface area contributed by atoms with Gasteiger partial charge in [0.05, 0.1) is 12.8 Å². The number of aromatic nitrogens is 1. The highest BCUT2D eigenvalue weighted by atomic mass is 16.3. The molecule has 0 saturated carbocycles. The van der Waals surface area contributed by atoms with Gasteiger partial charge in [0.2, 0.25) is 0 Å². The third-order valence-corrected chi connectivity index (χ3v) is 4.94. The Bertz CT molecular complexity index is 1080. The number of carbonyl (C=O) groups is 1. The van der Waals surface area contributed by atoms with Crippen molar-refractivity contribution in [2.24, 2.45) is 0 Å². The first-order chi connectivity index (χ1) is 13.4. The lowest BCUT2D eigenvalue weighted by molar-refractivity contribution is -0.112. The molecule has 0 aliphatic rings. The monoisotopic (exact) mass is 373 g/mol. The summed E-state index contributed by atoms with van der Waals surface area (Å²) in [5.74, 6) is 0.437. The van der Waals surface area contributed by atoms with Crippen LogP contribution in [0.25, 0.3) is 6.08 Å². The van der Waals surface area contributed by atoms with Gasteiger partial charge in [-0.25, -0.2) is 0 Å². The molecule has 0 aliphatic carbocycles. The van der Waals surface area contributed by atoms with Crippen LogP contribution in [-0.2, 0) is 11.3 Å². The zero-order valence-electron chi connectivity index (χ0n) is 16.5. The third kappa shape index (κ3) is 4.07. The van der Waals surface area contributed by atoms with Crippen LogP contribution in [0.15, 0.2) is 52.7 Å². The second-order valence-corrected chi connectivity index (χ2v) is 6.91. The molecule has 0 atom stereocenters. The van der Waals surface area contributed by atoms with Gasteiger partial charge in [0.25, 0.3) is 5.91 Å². The van der Waals surface area contributed by atoms with Gasteiger partial charge in [0.15, 0.2) is 0 Å². The fourth-order valence-electron chi connectivity index (χ4n) is 3.10. The minimum Gasteiger partial charge on any atom is -0.467 e. The Morgan fingerprint density at radius 2 is 1.96 bits per heavy atom. The highest BCUT2D eigenvalue weighted by Gasteiger charge is 2.14. The van der Waals surface area contributed by atoms with Gasteiger partial charge in [-0.3, -0.25) is 4.79 Å². The molecule has 5 nitrogen and oxygen atoms in total. The fourth-order valence-corrected chi connectivity index (χ4v) is 3.10. The smallest absolute Gasteiger partial charge is 0.266 e. The van der Waals surface area contributed by atoms with Crippen molar-refractivity contribution in [1.29, 1.82) is 5.26 Å². The predicted molar refractivity (Wildman–Crippen MR) is 110 cm³/mol. The van der Waals surface area contributed by atoms with Crippen LogP contribution < -0.4 is 5.32 Å². The molecule has 0 aliphatic heterocycles. The molecule has 1 N–H and O–H groups in total.